The Bertz CT molecular complexity index is 581. The summed E-state index contributed by atoms with van der Waals surface area (Å²) < 4.78 is 12.9. The first kappa shape index (κ1) is 14.1. The van der Waals surface area contributed by atoms with E-state index in [1.165, 1.54) is 12.1 Å². The number of hydrogen-bond acceptors (Lipinski definition) is 2. The maximum Gasteiger partial charge on any atom is 0.253 e. The van der Waals surface area contributed by atoms with E-state index in [-0.39, 0.29) is 11.7 Å². The Labute approximate surface area is 117 Å². The molecule has 2 rings (SSSR count). The van der Waals surface area contributed by atoms with Crippen LogP contribution in [0.1, 0.15) is 23.7 Å². The second kappa shape index (κ2) is 6.70. The highest BCUT2D eigenvalue weighted by Gasteiger charge is 2.10. The Hall–Kier alpha value is -2.36. The van der Waals surface area contributed by atoms with Crippen LogP contribution in [0.25, 0.3) is 0 Å². The van der Waals surface area contributed by atoms with Gasteiger partial charge >= 0.3 is 0 Å². The maximum atomic E-state index is 12.9. The molecule has 2 aromatic carbocycles. The van der Waals surface area contributed by atoms with E-state index in [0.717, 1.165) is 12.1 Å². The van der Waals surface area contributed by atoms with E-state index in [9.17, 15) is 9.18 Å². The highest BCUT2D eigenvalue weighted by Crippen LogP contribution is 2.21. The molecule has 1 amide bonds. The normalized spacial score (nSPS) is 10.1. The molecule has 104 valence electrons. The number of amides is 1. The van der Waals surface area contributed by atoms with Gasteiger partial charge in [0.1, 0.15) is 5.82 Å². The molecule has 0 saturated carbocycles. The minimum atomic E-state index is -0.287. The average molecular weight is 272 g/mol. The SMILES string of the molecule is CCCNC(=O)c1ccccc1Nc1ccc(F)cc1. The zero-order valence-corrected chi connectivity index (χ0v) is 11.3. The minimum absolute atomic E-state index is 0.114. The lowest BCUT2D eigenvalue weighted by atomic mass is 10.1. The predicted octanol–water partition coefficient (Wildman–Crippen LogP) is 3.71. The molecule has 0 fully saturated rings. The quantitative estimate of drug-likeness (QED) is 0.871. The largest absolute Gasteiger partial charge is 0.355 e. The number of nitrogens with one attached hydrogen (secondary N) is 2. The molecule has 0 atom stereocenters. The topological polar surface area (TPSA) is 41.1 Å². The third kappa shape index (κ3) is 3.57. The van der Waals surface area contributed by atoms with Crippen molar-refractivity contribution >= 4 is 17.3 Å². The van der Waals surface area contributed by atoms with E-state index in [1.54, 1.807) is 18.2 Å². The highest BCUT2D eigenvalue weighted by molar-refractivity contribution is 6.00. The van der Waals surface area contributed by atoms with Crippen LogP contribution in [-0.4, -0.2) is 12.5 Å². The standard InChI is InChI=1S/C16H17FN2O/c1-2-11-18-16(20)14-5-3-4-6-15(14)19-13-9-7-12(17)8-10-13/h3-10,19H,2,11H2,1H3,(H,18,20). The lowest BCUT2D eigenvalue weighted by Gasteiger charge is -2.12. The summed E-state index contributed by atoms with van der Waals surface area (Å²) in [4.78, 5) is 12.1. The van der Waals surface area contributed by atoms with Crippen LogP contribution in [0.2, 0.25) is 0 Å². The molecule has 0 radical (unpaired) electrons. The van der Waals surface area contributed by atoms with Gasteiger partial charge in [0.05, 0.1) is 11.3 Å². The van der Waals surface area contributed by atoms with Crippen molar-refractivity contribution < 1.29 is 9.18 Å². The van der Waals surface area contributed by atoms with Crippen molar-refractivity contribution in [3.63, 3.8) is 0 Å². The number of halogens is 1. The number of carbonyl (C=O) groups excluding carboxylic acids is 1. The number of hydrogen-bond donors (Lipinski definition) is 2. The summed E-state index contributed by atoms with van der Waals surface area (Å²) in [5.41, 5.74) is 2.01. The van der Waals surface area contributed by atoms with Crippen molar-refractivity contribution in [1.82, 2.24) is 5.32 Å². The molecule has 0 aromatic heterocycles. The minimum Gasteiger partial charge on any atom is -0.355 e. The van der Waals surface area contributed by atoms with E-state index < -0.39 is 0 Å². The van der Waals surface area contributed by atoms with E-state index in [0.29, 0.717) is 17.8 Å². The van der Waals surface area contributed by atoms with Gasteiger partial charge in [-0.3, -0.25) is 4.79 Å². The van der Waals surface area contributed by atoms with Crippen LogP contribution in [0.5, 0.6) is 0 Å². The molecule has 0 unspecified atom stereocenters. The molecular formula is C16H17FN2O. The summed E-state index contributed by atoms with van der Waals surface area (Å²) in [7, 11) is 0. The van der Waals surface area contributed by atoms with Gasteiger partial charge in [-0.15, -0.1) is 0 Å². The van der Waals surface area contributed by atoms with Gasteiger partial charge in [-0.1, -0.05) is 19.1 Å². The zero-order chi connectivity index (χ0) is 14.4. The van der Waals surface area contributed by atoms with Gasteiger partial charge < -0.3 is 10.6 Å². The first-order valence-corrected chi connectivity index (χ1v) is 6.60. The Balaban J connectivity index is 2.19. The van der Waals surface area contributed by atoms with Crippen LogP contribution in [0.4, 0.5) is 15.8 Å². The van der Waals surface area contributed by atoms with E-state index in [4.69, 9.17) is 0 Å². The third-order valence-electron chi connectivity index (χ3n) is 2.83. The molecule has 0 saturated heterocycles. The van der Waals surface area contributed by atoms with E-state index in [1.807, 2.05) is 25.1 Å². The highest BCUT2D eigenvalue weighted by atomic mass is 19.1. The van der Waals surface area contributed by atoms with E-state index >= 15 is 0 Å². The van der Waals surface area contributed by atoms with Crippen LogP contribution in [-0.2, 0) is 0 Å². The van der Waals surface area contributed by atoms with Crippen LogP contribution < -0.4 is 10.6 Å². The van der Waals surface area contributed by atoms with Gasteiger partial charge in [-0.2, -0.15) is 0 Å². The molecule has 0 heterocycles. The third-order valence-corrected chi connectivity index (χ3v) is 2.83. The molecule has 0 bridgehead atoms. The monoisotopic (exact) mass is 272 g/mol. The lowest BCUT2D eigenvalue weighted by Crippen LogP contribution is -2.24. The summed E-state index contributed by atoms with van der Waals surface area (Å²) in [6, 6.07) is 13.3. The van der Waals surface area contributed by atoms with E-state index in [2.05, 4.69) is 10.6 Å². The first-order valence-electron chi connectivity index (χ1n) is 6.60. The fourth-order valence-electron chi connectivity index (χ4n) is 1.81. The van der Waals surface area contributed by atoms with Crippen molar-refractivity contribution in [2.24, 2.45) is 0 Å². The van der Waals surface area contributed by atoms with Crippen LogP contribution >= 0.6 is 0 Å². The predicted molar refractivity (Wildman–Crippen MR) is 78.7 cm³/mol. The Kier molecular flexibility index (Phi) is 4.71. The smallest absolute Gasteiger partial charge is 0.253 e. The second-order valence-corrected chi connectivity index (χ2v) is 4.43. The van der Waals surface area contributed by atoms with Crippen LogP contribution in [0.3, 0.4) is 0 Å². The van der Waals surface area contributed by atoms with Gasteiger partial charge in [0.25, 0.3) is 5.91 Å². The molecule has 4 heteroatoms. The fourth-order valence-corrected chi connectivity index (χ4v) is 1.81. The lowest BCUT2D eigenvalue weighted by molar-refractivity contribution is 0.0954. The van der Waals surface area contributed by atoms with Crippen LogP contribution in [0.15, 0.2) is 48.5 Å². The molecule has 0 aliphatic carbocycles. The molecule has 3 nitrogen and oxygen atoms in total. The molecule has 2 aromatic rings. The number of para-hydroxylation sites is 1. The average Bonchev–Trinajstić information content (AvgIpc) is 2.48. The van der Waals surface area contributed by atoms with Gasteiger partial charge in [0, 0.05) is 12.2 Å². The summed E-state index contributed by atoms with van der Waals surface area (Å²) in [5.74, 6) is -0.401. The summed E-state index contributed by atoms with van der Waals surface area (Å²) in [5, 5.41) is 5.97. The van der Waals surface area contributed by atoms with Crippen molar-refractivity contribution in [2.45, 2.75) is 13.3 Å². The van der Waals surface area contributed by atoms with Gasteiger partial charge in [-0.25, -0.2) is 4.39 Å². The molecule has 0 spiro atoms. The summed E-state index contributed by atoms with van der Waals surface area (Å²) >= 11 is 0. The Morgan fingerprint density at radius 2 is 1.80 bits per heavy atom. The van der Waals surface area contributed by atoms with Gasteiger partial charge in [-0.05, 0) is 42.8 Å². The summed E-state index contributed by atoms with van der Waals surface area (Å²) in [6.07, 6.45) is 0.888. The van der Waals surface area contributed by atoms with Crippen LogP contribution in [0, 0.1) is 5.82 Å². The molecule has 0 aliphatic heterocycles. The summed E-state index contributed by atoms with van der Waals surface area (Å²) in [6.45, 7) is 2.65. The Morgan fingerprint density at radius 1 is 1.10 bits per heavy atom. The second-order valence-electron chi connectivity index (χ2n) is 4.43. The van der Waals surface area contributed by atoms with Crippen molar-refractivity contribution in [1.29, 1.82) is 0 Å². The molecular weight excluding hydrogens is 255 g/mol. The van der Waals surface area contributed by atoms with Gasteiger partial charge in [0.15, 0.2) is 0 Å². The molecule has 0 aliphatic rings. The number of anilines is 2. The van der Waals surface area contributed by atoms with Crippen molar-refractivity contribution in [3.8, 4) is 0 Å². The van der Waals surface area contributed by atoms with Crippen molar-refractivity contribution in [3.05, 3.63) is 59.9 Å². The van der Waals surface area contributed by atoms with Gasteiger partial charge in [0.2, 0.25) is 0 Å². The number of rotatable bonds is 5. The Morgan fingerprint density at radius 3 is 2.50 bits per heavy atom. The fraction of sp³-hybridized carbons (Fsp3) is 0.188. The zero-order valence-electron chi connectivity index (χ0n) is 11.3. The number of carbonyl (C=O) groups is 1. The molecule has 2 N–H and O–H groups in total. The number of benzene rings is 2. The maximum absolute atomic E-state index is 12.9. The first-order chi connectivity index (χ1) is 9.70. The van der Waals surface area contributed by atoms with Crippen molar-refractivity contribution in [2.75, 3.05) is 11.9 Å². The molecule has 20 heavy (non-hydrogen) atoms.